The van der Waals surface area contributed by atoms with Gasteiger partial charge in [-0.2, -0.15) is 0 Å². The summed E-state index contributed by atoms with van der Waals surface area (Å²) in [4.78, 5) is 18.8. The molecule has 8 bridgehead atoms. The predicted molar refractivity (Wildman–Crippen MR) is 198 cm³/mol. The first-order valence-electron chi connectivity index (χ1n) is 16.4. The topological polar surface area (TPSA) is 57.4 Å². The second-order valence-corrected chi connectivity index (χ2v) is 13.0. The summed E-state index contributed by atoms with van der Waals surface area (Å²) in [5, 5.41) is 7.20. The van der Waals surface area contributed by atoms with E-state index in [0.29, 0.717) is 0 Å². The van der Waals surface area contributed by atoms with Gasteiger partial charge in [-0.3, -0.25) is 0 Å². The van der Waals surface area contributed by atoms with Crippen LogP contribution >= 0.6 is 0 Å². The highest BCUT2D eigenvalue weighted by atomic mass is 14.8. The van der Waals surface area contributed by atoms with Crippen LogP contribution in [-0.2, 0) is 0 Å². The highest BCUT2D eigenvalue weighted by Crippen LogP contribution is 2.54. The Labute approximate surface area is 274 Å². The van der Waals surface area contributed by atoms with E-state index in [4.69, 9.17) is 9.97 Å². The fourth-order valence-corrected chi connectivity index (χ4v) is 8.68. The fourth-order valence-electron chi connectivity index (χ4n) is 8.68. The molecule has 2 aliphatic heterocycles. The molecule has 3 aliphatic carbocycles. The first kappa shape index (κ1) is 24.7. The molecule has 0 unspecified atom stereocenters. The van der Waals surface area contributed by atoms with Gasteiger partial charge in [-0.1, -0.05) is 103 Å². The Kier molecular flexibility index (Phi) is 4.44. The van der Waals surface area contributed by atoms with Crippen molar-refractivity contribution in [1.82, 2.24) is 19.9 Å². The third-order valence-corrected chi connectivity index (χ3v) is 10.6. The molecule has 0 amide bonds. The highest BCUT2D eigenvalue weighted by molar-refractivity contribution is 6.32. The molecule has 4 aromatic carbocycles. The number of nitrogens with zero attached hydrogens (tertiary/aromatic N) is 2. The Morgan fingerprint density at radius 2 is 0.896 bits per heavy atom. The van der Waals surface area contributed by atoms with Crippen LogP contribution in [0, 0.1) is 0 Å². The van der Waals surface area contributed by atoms with E-state index in [-0.39, 0.29) is 0 Å². The van der Waals surface area contributed by atoms with Gasteiger partial charge < -0.3 is 9.97 Å². The lowest BCUT2D eigenvalue weighted by Crippen LogP contribution is -1.86. The van der Waals surface area contributed by atoms with E-state index in [9.17, 15) is 0 Å². The number of hydrogen-bond donors (Lipinski definition) is 2. The van der Waals surface area contributed by atoms with E-state index in [1.807, 2.05) is 0 Å². The first-order chi connectivity index (χ1) is 23.8. The van der Waals surface area contributed by atoms with Crippen molar-refractivity contribution in [3.05, 3.63) is 144 Å². The number of aromatic nitrogens is 4. The molecule has 4 nitrogen and oxygen atoms in total. The van der Waals surface area contributed by atoms with E-state index >= 15 is 0 Å². The van der Waals surface area contributed by atoms with Gasteiger partial charge in [0.15, 0.2) is 0 Å². The van der Waals surface area contributed by atoms with Crippen LogP contribution in [0.3, 0.4) is 0 Å². The van der Waals surface area contributed by atoms with Crippen molar-refractivity contribution in [2.45, 2.75) is 0 Å². The largest absolute Gasteiger partial charge is 0.354 e. The van der Waals surface area contributed by atoms with Gasteiger partial charge in [-0.25, -0.2) is 9.97 Å². The summed E-state index contributed by atoms with van der Waals surface area (Å²) < 4.78 is 0. The second-order valence-electron chi connectivity index (χ2n) is 13.0. The van der Waals surface area contributed by atoms with Crippen molar-refractivity contribution >= 4 is 66.0 Å². The standard InChI is InChI=1S/C44H24N4/c1-2-10-23(11-3-1)36-31-18-19-33(45-31)38-26-14-6-8-16-28(26)40-41-29-17-9-7-15-27(29)39(44(41)48-43(38)40)34-21-20-32(46-34)37-25-13-5-4-12-24(25)30-22-35(36)47-42(30)37/h1-22,45-46H. The number of aromatic amines is 2. The van der Waals surface area contributed by atoms with E-state index in [2.05, 4.69) is 143 Å². The van der Waals surface area contributed by atoms with Crippen LogP contribution in [0.2, 0.25) is 0 Å². The minimum Gasteiger partial charge on any atom is -0.354 e. The average molecular weight is 609 g/mol. The molecule has 7 aromatic rings. The number of fused-ring (bicyclic) bond motifs is 18. The quantitative estimate of drug-likeness (QED) is 0.195. The van der Waals surface area contributed by atoms with Crippen molar-refractivity contribution in [3.63, 3.8) is 0 Å². The van der Waals surface area contributed by atoms with Crippen molar-refractivity contribution in [2.24, 2.45) is 0 Å². The molecule has 4 heteroatoms. The molecule has 48 heavy (non-hydrogen) atoms. The van der Waals surface area contributed by atoms with Gasteiger partial charge in [0.2, 0.25) is 0 Å². The van der Waals surface area contributed by atoms with E-state index in [1.54, 1.807) is 0 Å². The summed E-state index contributed by atoms with van der Waals surface area (Å²) in [5.41, 5.74) is 17.7. The number of H-pyrrole nitrogens is 2. The van der Waals surface area contributed by atoms with Gasteiger partial charge in [0.05, 0.1) is 22.8 Å². The highest BCUT2D eigenvalue weighted by Gasteiger charge is 2.32. The Balaban J connectivity index is 1.37. The summed E-state index contributed by atoms with van der Waals surface area (Å²) >= 11 is 0. The zero-order valence-corrected chi connectivity index (χ0v) is 25.6. The maximum absolute atomic E-state index is 5.56. The summed E-state index contributed by atoms with van der Waals surface area (Å²) in [7, 11) is 0. The monoisotopic (exact) mass is 608 g/mol. The van der Waals surface area contributed by atoms with Crippen LogP contribution in [0.4, 0.5) is 0 Å². The van der Waals surface area contributed by atoms with Gasteiger partial charge in [0.1, 0.15) is 0 Å². The summed E-state index contributed by atoms with van der Waals surface area (Å²) in [6.45, 7) is 0. The lowest BCUT2D eigenvalue weighted by atomic mass is 10.0. The molecule has 5 heterocycles. The molecule has 5 aliphatic rings. The fraction of sp³-hybridized carbons (Fsp3) is 0. The molecular formula is C44H24N4. The van der Waals surface area contributed by atoms with E-state index in [1.165, 1.54) is 49.4 Å². The lowest BCUT2D eigenvalue weighted by Gasteiger charge is -2.05. The van der Waals surface area contributed by atoms with Crippen LogP contribution in [0.1, 0.15) is 17.0 Å². The molecule has 2 N–H and O–H groups in total. The van der Waals surface area contributed by atoms with Gasteiger partial charge in [-0.05, 0) is 68.6 Å². The predicted octanol–water partition coefficient (Wildman–Crippen LogP) is 11.2. The van der Waals surface area contributed by atoms with Crippen LogP contribution < -0.4 is 0 Å². The number of rotatable bonds is 1. The number of benzene rings is 4. The molecule has 12 rings (SSSR count). The van der Waals surface area contributed by atoms with Crippen molar-refractivity contribution in [3.8, 4) is 44.8 Å². The zero-order chi connectivity index (χ0) is 31.1. The van der Waals surface area contributed by atoms with Crippen LogP contribution in [-0.4, -0.2) is 19.9 Å². The summed E-state index contributed by atoms with van der Waals surface area (Å²) in [6, 6.07) is 45.7. The van der Waals surface area contributed by atoms with Crippen LogP contribution in [0.15, 0.2) is 127 Å². The van der Waals surface area contributed by atoms with Crippen molar-refractivity contribution in [2.75, 3.05) is 0 Å². The van der Waals surface area contributed by atoms with Gasteiger partial charge in [-0.15, -0.1) is 0 Å². The third kappa shape index (κ3) is 2.96. The molecule has 220 valence electrons. The zero-order valence-electron chi connectivity index (χ0n) is 25.6. The van der Waals surface area contributed by atoms with Gasteiger partial charge in [0, 0.05) is 60.7 Å². The Bertz CT molecular complexity index is 3040. The number of hydrogen-bond acceptors (Lipinski definition) is 2. The maximum atomic E-state index is 5.56. The Morgan fingerprint density at radius 3 is 1.54 bits per heavy atom. The van der Waals surface area contributed by atoms with Crippen molar-refractivity contribution in [1.29, 1.82) is 0 Å². The van der Waals surface area contributed by atoms with Crippen LogP contribution in [0.25, 0.3) is 111 Å². The molecule has 0 spiro atoms. The Hall–Kier alpha value is -6.52. The van der Waals surface area contributed by atoms with Crippen molar-refractivity contribution < 1.29 is 0 Å². The SMILES string of the molecule is C1=C2c3ccccc3-c3c2nc1c(-c1ccccc1)c1ccc([nH]1)c1c2nc4c(c5ccc3[nH]5)c3ccccc3c-4c-2c2ccccc21. The maximum Gasteiger partial charge on any atom is 0.0822 e. The van der Waals surface area contributed by atoms with Gasteiger partial charge in [0.25, 0.3) is 0 Å². The van der Waals surface area contributed by atoms with E-state index < -0.39 is 0 Å². The molecule has 3 aromatic heterocycles. The average Bonchev–Trinajstić information content (AvgIpc) is 3.97. The number of nitrogens with one attached hydrogen (secondary N) is 2. The minimum absolute atomic E-state index is 0.960. The molecule has 0 radical (unpaired) electrons. The molecule has 0 fully saturated rings. The van der Waals surface area contributed by atoms with Gasteiger partial charge >= 0.3 is 0 Å². The smallest absolute Gasteiger partial charge is 0.0822 e. The molecule has 0 saturated heterocycles. The second kappa shape index (κ2) is 8.64. The Morgan fingerprint density at radius 1 is 0.375 bits per heavy atom. The summed E-state index contributed by atoms with van der Waals surface area (Å²) in [5.74, 6) is 0. The van der Waals surface area contributed by atoms with E-state index in [0.717, 1.165) is 72.3 Å². The lowest BCUT2D eigenvalue weighted by molar-refractivity contribution is 1.32. The summed E-state index contributed by atoms with van der Waals surface area (Å²) in [6.07, 6.45) is 2.28. The normalized spacial score (nSPS) is 13.1. The third-order valence-electron chi connectivity index (χ3n) is 10.6. The first-order valence-corrected chi connectivity index (χ1v) is 16.4. The van der Waals surface area contributed by atoms with Crippen LogP contribution in [0.5, 0.6) is 0 Å². The molecule has 0 atom stereocenters. The molecule has 0 saturated carbocycles. The minimum atomic E-state index is 0.960. The molecular weight excluding hydrogens is 585 g/mol.